The summed E-state index contributed by atoms with van der Waals surface area (Å²) in [5, 5.41) is 6.94. The van der Waals surface area contributed by atoms with Crippen LogP contribution in [0.5, 0.6) is 0 Å². The molecular weight excluding hydrogens is 316 g/mol. The Morgan fingerprint density at radius 2 is 2.00 bits per heavy atom. The lowest BCUT2D eigenvalue weighted by molar-refractivity contribution is -0.117. The summed E-state index contributed by atoms with van der Waals surface area (Å²) in [5.41, 5.74) is 2.42. The second kappa shape index (κ2) is 8.00. The molecule has 2 rings (SSSR count). The number of carbonyl (C=O) groups excluding carboxylic acids is 2. The zero-order valence-corrected chi connectivity index (χ0v) is 14.1. The van der Waals surface area contributed by atoms with Gasteiger partial charge in [-0.3, -0.25) is 10.1 Å². The van der Waals surface area contributed by atoms with Crippen LogP contribution in [0.15, 0.2) is 40.6 Å². The zero-order valence-electron chi connectivity index (χ0n) is 12.5. The van der Waals surface area contributed by atoms with Crippen LogP contribution in [0.3, 0.4) is 0 Å². The van der Waals surface area contributed by atoms with Crippen LogP contribution in [0, 0.1) is 13.8 Å². The molecule has 0 saturated carbocycles. The normalized spacial score (nSPS) is 10.3. The van der Waals surface area contributed by atoms with Crippen molar-refractivity contribution in [3.05, 3.63) is 51.7 Å². The summed E-state index contributed by atoms with van der Waals surface area (Å²) < 4.78 is 0. The Balaban J connectivity index is 1.72. The first-order valence-corrected chi connectivity index (χ1v) is 8.71. The monoisotopic (exact) mass is 334 g/mol. The molecule has 1 aromatic heterocycles. The molecule has 0 bridgehead atoms. The fraction of sp³-hybridized carbons (Fsp3) is 0.250. The summed E-state index contributed by atoms with van der Waals surface area (Å²) in [4.78, 5) is 25.4. The maximum Gasteiger partial charge on any atom is 0.321 e. The summed E-state index contributed by atoms with van der Waals surface area (Å²) in [6.07, 6.45) is 0. The number of amides is 3. The predicted molar refractivity (Wildman–Crippen MR) is 91.3 cm³/mol. The molecule has 0 aliphatic heterocycles. The van der Waals surface area contributed by atoms with Gasteiger partial charge in [-0.2, -0.15) is 0 Å². The molecule has 0 aliphatic carbocycles. The van der Waals surface area contributed by atoms with E-state index in [2.05, 4.69) is 17.6 Å². The Morgan fingerprint density at radius 1 is 1.18 bits per heavy atom. The molecule has 0 saturated heterocycles. The third kappa shape index (κ3) is 5.20. The second-order valence-corrected chi connectivity index (χ2v) is 6.93. The van der Waals surface area contributed by atoms with Gasteiger partial charge in [-0.25, -0.2) is 4.79 Å². The van der Waals surface area contributed by atoms with E-state index in [4.69, 9.17) is 0 Å². The topological polar surface area (TPSA) is 58.2 Å². The summed E-state index contributed by atoms with van der Waals surface area (Å²) in [5.74, 6) is -0.0820. The number of aryl methyl sites for hydroxylation is 2. The van der Waals surface area contributed by atoms with Crippen LogP contribution in [0.25, 0.3) is 0 Å². The number of hydrogen-bond donors (Lipinski definition) is 2. The van der Waals surface area contributed by atoms with Gasteiger partial charge in [0.1, 0.15) is 0 Å². The van der Waals surface area contributed by atoms with Crippen LogP contribution >= 0.6 is 23.1 Å². The first kappa shape index (κ1) is 16.6. The SMILES string of the molecule is Cc1ccc(SCC(=O)NC(=O)NCc2cccs2)cc1C. The van der Waals surface area contributed by atoms with Gasteiger partial charge in [-0.05, 0) is 48.6 Å². The Labute approximate surface area is 138 Å². The van der Waals surface area contributed by atoms with Crippen molar-refractivity contribution in [2.24, 2.45) is 0 Å². The maximum absolute atomic E-state index is 11.7. The van der Waals surface area contributed by atoms with Gasteiger partial charge in [0.2, 0.25) is 5.91 Å². The van der Waals surface area contributed by atoms with Gasteiger partial charge in [-0.1, -0.05) is 12.1 Å². The van der Waals surface area contributed by atoms with E-state index in [0.717, 1.165) is 9.77 Å². The van der Waals surface area contributed by atoms with E-state index < -0.39 is 6.03 Å². The van der Waals surface area contributed by atoms with Crippen molar-refractivity contribution in [2.45, 2.75) is 25.3 Å². The van der Waals surface area contributed by atoms with Crippen molar-refractivity contribution < 1.29 is 9.59 Å². The molecule has 4 nitrogen and oxygen atoms in total. The number of carbonyl (C=O) groups is 2. The lowest BCUT2D eigenvalue weighted by Gasteiger charge is -2.07. The van der Waals surface area contributed by atoms with Crippen LogP contribution in [0.1, 0.15) is 16.0 Å². The Hall–Kier alpha value is -1.79. The Bertz CT molecular complexity index is 654. The van der Waals surface area contributed by atoms with Crippen molar-refractivity contribution in [2.75, 3.05) is 5.75 Å². The minimum atomic E-state index is -0.459. The number of thioether (sulfide) groups is 1. The predicted octanol–water partition coefficient (Wildman–Crippen LogP) is 3.48. The fourth-order valence-electron chi connectivity index (χ4n) is 1.74. The van der Waals surface area contributed by atoms with Gasteiger partial charge < -0.3 is 5.32 Å². The van der Waals surface area contributed by atoms with Gasteiger partial charge in [0, 0.05) is 9.77 Å². The third-order valence-electron chi connectivity index (χ3n) is 3.10. The first-order valence-electron chi connectivity index (χ1n) is 6.84. The van der Waals surface area contributed by atoms with Gasteiger partial charge in [-0.15, -0.1) is 23.1 Å². The minimum Gasteiger partial charge on any atom is -0.333 e. The highest BCUT2D eigenvalue weighted by Crippen LogP contribution is 2.20. The molecule has 0 unspecified atom stereocenters. The molecule has 2 N–H and O–H groups in total. The van der Waals surface area contributed by atoms with E-state index in [1.807, 2.05) is 42.6 Å². The number of thiophene rings is 1. The highest BCUT2D eigenvalue weighted by molar-refractivity contribution is 8.00. The molecule has 116 valence electrons. The highest BCUT2D eigenvalue weighted by Gasteiger charge is 2.08. The van der Waals surface area contributed by atoms with Crippen LogP contribution in [-0.2, 0) is 11.3 Å². The van der Waals surface area contributed by atoms with Crippen molar-refractivity contribution in [1.29, 1.82) is 0 Å². The smallest absolute Gasteiger partial charge is 0.321 e. The van der Waals surface area contributed by atoms with Crippen molar-refractivity contribution in [3.63, 3.8) is 0 Å². The van der Waals surface area contributed by atoms with Gasteiger partial charge >= 0.3 is 6.03 Å². The number of hydrogen-bond acceptors (Lipinski definition) is 4. The summed E-state index contributed by atoms with van der Waals surface area (Å²) >= 11 is 2.98. The summed E-state index contributed by atoms with van der Waals surface area (Å²) in [6, 6.07) is 9.46. The fourth-order valence-corrected chi connectivity index (χ4v) is 3.18. The summed E-state index contributed by atoms with van der Waals surface area (Å²) in [7, 11) is 0. The molecule has 0 atom stereocenters. The molecule has 6 heteroatoms. The number of rotatable bonds is 5. The van der Waals surface area contributed by atoms with E-state index in [9.17, 15) is 9.59 Å². The van der Waals surface area contributed by atoms with Gasteiger partial charge in [0.15, 0.2) is 0 Å². The largest absolute Gasteiger partial charge is 0.333 e. The quantitative estimate of drug-likeness (QED) is 0.823. The van der Waals surface area contributed by atoms with Crippen molar-refractivity contribution in [3.8, 4) is 0 Å². The minimum absolute atomic E-state index is 0.217. The van der Waals surface area contributed by atoms with Crippen molar-refractivity contribution in [1.82, 2.24) is 10.6 Å². The molecule has 2 aromatic rings. The maximum atomic E-state index is 11.7. The Morgan fingerprint density at radius 3 is 2.68 bits per heavy atom. The molecule has 3 amide bonds. The number of urea groups is 1. The Kier molecular flexibility index (Phi) is 6.03. The van der Waals surface area contributed by atoms with Gasteiger partial charge in [0.05, 0.1) is 12.3 Å². The molecule has 1 heterocycles. The van der Waals surface area contributed by atoms with Crippen LogP contribution in [-0.4, -0.2) is 17.7 Å². The average molecular weight is 334 g/mol. The third-order valence-corrected chi connectivity index (χ3v) is 4.97. The molecule has 0 radical (unpaired) electrons. The molecule has 0 spiro atoms. The lowest BCUT2D eigenvalue weighted by Crippen LogP contribution is -2.39. The van der Waals surface area contributed by atoms with E-state index in [1.54, 1.807) is 11.3 Å². The number of benzene rings is 1. The molecule has 0 aliphatic rings. The van der Waals surface area contributed by atoms with E-state index in [-0.39, 0.29) is 11.7 Å². The van der Waals surface area contributed by atoms with Crippen molar-refractivity contribution >= 4 is 35.0 Å². The lowest BCUT2D eigenvalue weighted by atomic mass is 10.1. The van der Waals surface area contributed by atoms with Gasteiger partial charge in [0.25, 0.3) is 0 Å². The highest BCUT2D eigenvalue weighted by atomic mass is 32.2. The molecule has 22 heavy (non-hydrogen) atoms. The number of imide groups is 1. The standard InChI is InChI=1S/C16H18N2O2S2/c1-11-5-6-13(8-12(11)2)22-10-15(19)18-16(20)17-9-14-4-3-7-21-14/h3-8H,9-10H2,1-2H3,(H2,17,18,19,20). The molecular formula is C16H18N2O2S2. The zero-order chi connectivity index (χ0) is 15.9. The summed E-state index contributed by atoms with van der Waals surface area (Å²) in [6.45, 7) is 4.52. The van der Waals surface area contributed by atoms with Crippen LogP contribution in [0.2, 0.25) is 0 Å². The van der Waals surface area contributed by atoms with E-state index in [1.165, 1.54) is 22.9 Å². The number of nitrogens with one attached hydrogen (secondary N) is 2. The average Bonchev–Trinajstić information content (AvgIpc) is 3.00. The molecule has 0 fully saturated rings. The first-order chi connectivity index (χ1) is 10.5. The van der Waals surface area contributed by atoms with E-state index in [0.29, 0.717) is 6.54 Å². The second-order valence-electron chi connectivity index (χ2n) is 4.84. The van der Waals surface area contributed by atoms with Crippen LogP contribution in [0.4, 0.5) is 4.79 Å². The van der Waals surface area contributed by atoms with E-state index >= 15 is 0 Å². The molecule has 1 aromatic carbocycles. The van der Waals surface area contributed by atoms with Crippen LogP contribution < -0.4 is 10.6 Å².